The van der Waals surface area contributed by atoms with Gasteiger partial charge in [0.15, 0.2) is 0 Å². The highest BCUT2D eigenvalue weighted by molar-refractivity contribution is 5.93. The average molecular weight is 205 g/mol. The lowest BCUT2D eigenvalue weighted by Crippen LogP contribution is -2.06. The van der Waals surface area contributed by atoms with Gasteiger partial charge in [0.25, 0.3) is 0 Å². The molecule has 0 radical (unpaired) electrons. The van der Waals surface area contributed by atoms with Crippen LogP contribution in [0.25, 0.3) is 0 Å². The van der Waals surface area contributed by atoms with Gasteiger partial charge in [-0.3, -0.25) is 0 Å². The molecule has 0 spiro atoms. The van der Waals surface area contributed by atoms with Crippen molar-refractivity contribution in [1.82, 2.24) is 0 Å². The number of rotatable bonds is 2. The fourth-order valence-electron chi connectivity index (χ4n) is 1.29. The Bertz CT molecular complexity index is 432. The molecule has 0 saturated carbocycles. The number of methoxy groups -OCH3 is 2. The minimum absolute atomic E-state index is 0.233. The zero-order valence-corrected chi connectivity index (χ0v) is 8.83. The van der Waals surface area contributed by atoms with E-state index in [-0.39, 0.29) is 5.56 Å². The van der Waals surface area contributed by atoms with Gasteiger partial charge < -0.3 is 9.47 Å². The van der Waals surface area contributed by atoms with Crippen molar-refractivity contribution in [1.29, 1.82) is 5.26 Å². The van der Waals surface area contributed by atoms with Gasteiger partial charge in [0.05, 0.1) is 25.3 Å². The van der Waals surface area contributed by atoms with E-state index in [4.69, 9.17) is 10.00 Å². The van der Waals surface area contributed by atoms with Crippen LogP contribution in [0.4, 0.5) is 0 Å². The third-order valence-corrected chi connectivity index (χ3v) is 2.06. The van der Waals surface area contributed by atoms with Crippen LogP contribution in [0.1, 0.15) is 21.5 Å². The molecule has 0 N–H and O–H groups in total. The Morgan fingerprint density at radius 3 is 2.53 bits per heavy atom. The van der Waals surface area contributed by atoms with Crippen molar-refractivity contribution < 1.29 is 14.3 Å². The minimum Gasteiger partial charge on any atom is -0.497 e. The molecule has 0 aliphatic carbocycles. The molecule has 0 unspecified atom stereocenters. The van der Waals surface area contributed by atoms with Crippen LogP contribution in [0.15, 0.2) is 12.1 Å². The predicted octanol–water partition coefficient (Wildman–Crippen LogP) is 1.66. The van der Waals surface area contributed by atoms with E-state index in [9.17, 15) is 4.79 Å². The van der Waals surface area contributed by atoms with Crippen LogP contribution < -0.4 is 4.74 Å². The Morgan fingerprint density at radius 2 is 2.07 bits per heavy atom. The van der Waals surface area contributed by atoms with Crippen LogP contribution in [0.2, 0.25) is 0 Å². The van der Waals surface area contributed by atoms with Crippen molar-refractivity contribution in [2.24, 2.45) is 0 Å². The van der Waals surface area contributed by atoms with Gasteiger partial charge in [0.2, 0.25) is 0 Å². The smallest absolute Gasteiger partial charge is 0.339 e. The Kier molecular flexibility index (Phi) is 3.29. The number of ether oxygens (including phenoxy) is 2. The maximum absolute atomic E-state index is 11.4. The summed E-state index contributed by atoms with van der Waals surface area (Å²) in [6, 6.07) is 5.17. The van der Waals surface area contributed by atoms with E-state index in [2.05, 4.69) is 4.74 Å². The molecule has 0 heterocycles. The van der Waals surface area contributed by atoms with Gasteiger partial charge in [0.1, 0.15) is 11.8 Å². The number of nitriles is 1. The van der Waals surface area contributed by atoms with E-state index in [1.807, 2.05) is 6.07 Å². The minimum atomic E-state index is -0.534. The second-order valence-electron chi connectivity index (χ2n) is 2.97. The maximum Gasteiger partial charge on any atom is 0.339 e. The Balaban J connectivity index is 3.40. The zero-order valence-electron chi connectivity index (χ0n) is 8.83. The Hall–Kier alpha value is -2.02. The fraction of sp³-hybridized carbons (Fsp3) is 0.273. The van der Waals surface area contributed by atoms with Gasteiger partial charge in [-0.2, -0.15) is 5.26 Å². The molecule has 0 amide bonds. The van der Waals surface area contributed by atoms with Gasteiger partial charge in [0, 0.05) is 0 Å². The van der Waals surface area contributed by atoms with E-state index in [0.29, 0.717) is 16.9 Å². The third kappa shape index (κ3) is 2.08. The van der Waals surface area contributed by atoms with Crippen LogP contribution in [0.3, 0.4) is 0 Å². The summed E-state index contributed by atoms with van der Waals surface area (Å²) in [6.07, 6.45) is 0. The molecule has 0 fully saturated rings. The number of aryl methyl sites for hydroxylation is 1. The molecule has 4 heteroatoms. The average Bonchev–Trinajstić information content (AvgIpc) is 2.26. The summed E-state index contributed by atoms with van der Waals surface area (Å²) in [4.78, 5) is 11.4. The van der Waals surface area contributed by atoms with Gasteiger partial charge in [-0.25, -0.2) is 4.79 Å². The topological polar surface area (TPSA) is 59.3 Å². The van der Waals surface area contributed by atoms with E-state index in [1.54, 1.807) is 13.0 Å². The second-order valence-corrected chi connectivity index (χ2v) is 2.97. The first-order chi connectivity index (χ1) is 7.13. The number of benzene rings is 1. The van der Waals surface area contributed by atoms with Crippen LogP contribution in [0.5, 0.6) is 5.75 Å². The van der Waals surface area contributed by atoms with E-state index in [0.717, 1.165) is 0 Å². The number of esters is 1. The standard InChI is InChI=1S/C11H11NO3/c1-7-4-8(14-2)5-9(10(7)6-12)11(13)15-3/h4-5H,1-3H3. The molecule has 0 aliphatic heterocycles. The summed E-state index contributed by atoms with van der Waals surface area (Å²) in [5.41, 5.74) is 1.25. The Morgan fingerprint density at radius 1 is 1.40 bits per heavy atom. The first kappa shape index (κ1) is 11.1. The van der Waals surface area contributed by atoms with Crippen molar-refractivity contribution in [3.05, 3.63) is 28.8 Å². The quantitative estimate of drug-likeness (QED) is 0.689. The summed E-state index contributed by atoms with van der Waals surface area (Å²) in [7, 11) is 2.78. The lowest BCUT2D eigenvalue weighted by atomic mass is 10.0. The molecule has 1 aromatic rings. The van der Waals surface area contributed by atoms with Crippen molar-refractivity contribution >= 4 is 5.97 Å². The molecule has 78 valence electrons. The van der Waals surface area contributed by atoms with Crippen LogP contribution >= 0.6 is 0 Å². The van der Waals surface area contributed by atoms with Crippen LogP contribution in [-0.4, -0.2) is 20.2 Å². The monoisotopic (exact) mass is 205 g/mol. The number of hydrogen-bond donors (Lipinski definition) is 0. The van der Waals surface area contributed by atoms with Crippen LogP contribution in [0, 0.1) is 18.3 Å². The van der Waals surface area contributed by atoms with E-state index >= 15 is 0 Å². The summed E-state index contributed by atoms with van der Waals surface area (Å²) < 4.78 is 9.60. The molecule has 0 atom stereocenters. The summed E-state index contributed by atoms with van der Waals surface area (Å²) in [5.74, 6) is 0.000417. The molecule has 0 bridgehead atoms. The number of carbonyl (C=O) groups excluding carboxylic acids is 1. The lowest BCUT2D eigenvalue weighted by Gasteiger charge is -2.07. The first-order valence-electron chi connectivity index (χ1n) is 4.31. The van der Waals surface area contributed by atoms with Crippen molar-refractivity contribution in [2.75, 3.05) is 14.2 Å². The fourth-order valence-corrected chi connectivity index (χ4v) is 1.29. The lowest BCUT2D eigenvalue weighted by molar-refractivity contribution is 0.0600. The van der Waals surface area contributed by atoms with E-state index < -0.39 is 5.97 Å². The van der Waals surface area contributed by atoms with Gasteiger partial charge in [-0.1, -0.05) is 0 Å². The molecule has 0 aromatic heterocycles. The number of hydrogen-bond acceptors (Lipinski definition) is 4. The zero-order chi connectivity index (χ0) is 11.4. The first-order valence-corrected chi connectivity index (χ1v) is 4.31. The molecule has 4 nitrogen and oxygen atoms in total. The van der Waals surface area contributed by atoms with Gasteiger partial charge in [-0.05, 0) is 24.6 Å². The van der Waals surface area contributed by atoms with Gasteiger partial charge >= 0.3 is 5.97 Å². The van der Waals surface area contributed by atoms with Crippen molar-refractivity contribution in [2.45, 2.75) is 6.92 Å². The highest BCUT2D eigenvalue weighted by atomic mass is 16.5. The summed E-state index contributed by atoms with van der Waals surface area (Å²) >= 11 is 0. The molecule has 1 aromatic carbocycles. The van der Waals surface area contributed by atoms with Crippen molar-refractivity contribution in [3.63, 3.8) is 0 Å². The molecular formula is C11H11NO3. The van der Waals surface area contributed by atoms with Gasteiger partial charge in [-0.15, -0.1) is 0 Å². The number of nitrogens with zero attached hydrogens (tertiary/aromatic N) is 1. The van der Waals surface area contributed by atoms with Crippen molar-refractivity contribution in [3.8, 4) is 11.8 Å². The largest absolute Gasteiger partial charge is 0.497 e. The normalized spacial score (nSPS) is 9.20. The summed E-state index contributed by atoms with van der Waals surface area (Å²) in [5, 5.41) is 8.91. The molecular weight excluding hydrogens is 194 g/mol. The summed E-state index contributed by atoms with van der Waals surface area (Å²) in [6.45, 7) is 1.74. The highest BCUT2D eigenvalue weighted by Crippen LogP contribution is 2.22. The van der Waals surface area contributed by atoms with E-state index in [1.165, 1.54) is 20.3 Å². The molecule has 0 saturated heterocycles. The molecule has 15 heavy (non-hydrogen) atoms. The van der Waals surface area contributed by atoms with Crippen LogP contribution in [-0.2, 0) is 4.74 Å². The molecule has 1 rings (SSSR count). The molecule has 0 aliphatic rings. The third-order valence-electron chi connectivity index (χ3n) is 2.06. The SMILES string of the molecule is COC(=O)c1cc(OC)cc(C)c1C#N. The predicted molar refractivity (Wildman–Crippen MR) is 53.8 cm³/mol. The second kappa shape index (κ2) is 4.47. The number of carbonyl (C=O) groups is 1. The highest BCUT2D eigenvalue weighted by Gasteiger charge is 2.15. The maximum atomic E-state index is 11.4. The Labute approximate surface area is 88.0 Å².